The van der Waals surface area contributed by atoms with Crippen LogP contribution in [-0.4, -0.2) is 29.3 Å². The second kappa shape index (κ2) is 6.10. The maximum absolute atomic E-state index is 11.3. The number of hydrogen-bond acceptors (Lipinski definition) is 5. The lowest BCUT2D eigenvalue weighted by Gasteiger charge is -2.13. The average molecular weight is 217 g/mol. The Bertz CT molecular complexity index is 245. The first-order valence-electron chi connectivity index (χ1n) is 4.64. The van der Waals surface area contributed by atoms with Crippen LogP contribution < -0.4 is 0 Å². The van der Waals surface area contributed by atoms with Crippen molar-refractivity contribution >= 4 is 11.8 Å². The standard InChI is InChI=1S/C9H15NO5/c1-6(2)15-9(12)8(4-7(3)11)5-10(13)14/h6,8H,4-5H2,1-3H3. The molecule has 6 nitrogen and oxygen atoms in total. The largest absolute Gasteiger partial charge is 0.463 e. The molecule has 0 saturated carbocycles. The smallest absolute Gasteiger partial charge is 0.316 e. The predicted molar refractivity (Wildman–Crippen MR) is 51.9 cm³/mol. The van der Waals surface area contributed by atoms with E-state index in [1.165, 1.54) is 6.92 Å². The molecule has 0 spiro atoms. The zero-order chi connectivity index (χ0) is 12.0. The van der Waals surface area contributed by atoms with Crippen LogP contribution >= 0.6 is 0 Å². The number of hydrogen-bond donors (Lipinski definition) is 0. The Morgan fingerprint density at radius 2 is 1.93 bits per heavy atom. The van der Waals surface area contributed by atoms with E-state index in [9.17, 15) is 19.7 Å². The van der Waals surface area contributed by atoms with Crippen molar-refractivity contribution in [1.29, 1.82) is 0 Å². The minimum atomic E-state index is -0.972. The van der Waals surface area contributed by atoms with Gasteiger partial charge in [0, 0.05) is 11.3 Å². The fourth-order valence-corrected chi connectivity index (χ4v) is 1.08. The highest BCUT2D eigenvalue weighted by atomic mass is 16.6. The first-order chi connectivity index (χ1) is 6.82. The second-order valence-electron chi connectivity index (χ2n) is 3.60. The zero-order valence-electron chi connectivity index (χ0n) is 9.06. The molecule has 0 aromatic carbocycles. The van der Waals surface area contributed by atoms with Crippen molar-refractivity contribution in [2.75, 3.05) is 6.54 Å². The van der Waals surface area contributed by atoms with E-state index in [-0.39, 0.29) is 18.3 Å². The summed E-state index contributed by atoms with van der Waals surface area (Å²) >= 11 is 0. The van der Waals surface area contributed by atoms with Gasteiger partial charge in [0.2, 0.25) is 6.54 Å². The Morgan fingerprint density at radius 3 is 2.27 bits per heavy atom. The number of nitrogens with zero attached hydrogens (tertiary/aromatic N) is 1. The number of ether oxygens (including phenoxy) is 1. The third-order valence-corrected chi connectivity index (χ3v) is 1.59. The van der Waals surface area contributed by atoms with E-state index in [0.29, 0.717) is 0 Å². The van der Waals surface area contributed by atoms with Crippen LogP contribution in [0.15, 0.2) is 0 Å². The van der Waals surface area contributed by atoms with Crippen molar-refractivity contribution in [3.63, 3.8) is 0 Å². The van der Waals surface area contributed by atoms with Crippen molar-refractivity contribution < 1.29 is 19.2 Å². The fourth-order valence-electron chi connectivity index (χ4n) is 1.08. The maximum Gasteiger partial charge on any atom is 0.316 e. The first kappa shape index (κ1) is 13.5. The van der Waals surface area contributed by atoms with E-state index in [2.05, 4.69) is 0 Å². The molecule has 6 heteroatoms. The third-order valence-electron chi connectivity index (χ3n) is 1.59. The summed E-state index contributed by atoms with van der Waals surface area (Å²) in [6.07, 6.45) is -0.481. The molecule has 0 aromatic heterocycles. The van der Waals surface area contributed by atoms with Crippen molar-refractivity contribution in [1.82, 2.24) is 0 Å². The lowest BCUT2D eigenvalue weighted by Crippen LogP contribution is -2.28. The van der Waals surface area contributed by atoms with Crippen molar-refractivity contribution in [3.8, 4) is 0 Å². The molecular formula is C9H15NO5. The number of ketones is 1. The second-order valence-corrected chi connectivity index (χ2v) is 3.60. The maximum atomic E-state index is 11.3. The molecule has 0 heterocycles. The Labute approximate surface area is 87.7 Å². The van der Waals surface area contributed by atoms with Gasteiger partial charge in [-0.05, 0) is 20.8 Å². The first-order valence-corrected chi connectivity index (χ1v) is 4.64. The van der Waals surface area contributed by atoms with Gasteiger partial charge in [-0.15, -0.1) is 0 Å². The molecule has 1 atom stereocenters. The summed E-state index contributed by atoms with van der Waals surface area (Å²) in [7, 11) is 0. The van der Waals surface area contributed by atoms with Crippen LogP contribution in [0.1, 0.15) is 27.2 Å². The normalized spacial score (nSPS) is 12.3. The quantitative estimate of drug-likeness (QED) is 0.373. The summed E-state index contributed by atoms with van der Waals surface area (Å²) in [6, 6.07) is 0. The van der Waals surface area contributed by atoms with Gasteiger partial charge in [0.1, 0.15) is 11.7 Å². The van der Waals surface area contributed by atoms with E-state index in [1.54, 1.807) is 13.8 Å². The van der Waals surface area contributed by atoms with Gasteiger partial charge in [-0.2, -0.15) is 0 Å². The summed E-state index contributed by atoms with van der Waals surface area (Å²) in [5.74, 6) is -1.92. The highest BCUT2D eigenvalue weighted by Crippen LogP contribution is 2.08. The molecule has 0 bridgehead atoms. The molecular weight excluding hydrogens is 202 g/mol. The molecule has 0 amide bonds. The summed E-state index contributed by atoms with van der Waals surface area (Å²) in [5.41, 5.74) is 0. The molecule has 1 unspecified atom stereocenters. The number of carbonyl (C=O) groups excluding carboxylic acids is 2. The Hall–Kier alpha value is -1.46. The molecule has 0 saturated heterocycles. The number of rotatable bonds is 6. The summed E-state index contributed by atoms with van der Waals surface area (Å²) in [6.45, 7) is 4.02. The van der Waals surface area contributed by atoms with Crippen LogP contribution in [0.25, 0.3) is 0 Å². The highest BCUT2D eigenvalue weighted by molar-refractivity contribution is 5.82. The summed E-state index contributed by atoms with van der Waals surface area (Å²) in [4.78, 5) is 31.8. The molecule has 0 rings (SSSR count). The summed E-state index contributed by atoms with van der Waals surface area (Å²) < 4.78 is 4.82. The van der Waals surface area contributed by atoms with E-state index in [4.69, 9.17) is 4.74 Å². The van der Waals surface area contributed by atoms with Crippen molar-refractivity contribution in [2.24, 2.45) is 5.92 Å². The Kier molecular flexibility index (Phi) is 5.51. The molecule has 0 radical (unpaired) electrons. The van der Waals surface area contributed by atoms with E-state index in [1.807, 2.05) is 0 Å². The van der Waals surface area contributed by atoms with Gasteiger partial charge in [0.25, 0.3) is 0 Å². The van der Waals surface area contributed by atoms with Gasteiger partial charge in [0.05, 0.1) is 6.10 Å². The minimum absolute atomic E-state index is 0.146. The highest BCUT2D eigenvalue weighted by Gasteiger charge is 2.27. The Balaban J connectivity index is 4.40. The number of esters is 1. The predicted octanol–water partition coefficient (Wildman–Crippen LogP) is 0.810. The van der Waals surface area contributed by atoms with Crippen molar-refractivity contribution in [2.45, 2.75) is 33.3 Å². The number of Topliss-reactive ketones (excluding diaryl/α,β-unsaturated/α-hetero) is 1. The Morgan fingerprint density at radius 1 is 1.40 bits per heavy atom. The van der Waals surface area contributed by atoms with Crippen LogP contribution in [0.3, 0.4) is 0 Å². The van der Waals surface area contributed by atoms with E-state index >= 15 is 0 Å². The lowest BCUT2D eigenvalue weighted by molar-refractivity contribution is -0.486. The fraction of sp³-hybridized carbons (Fsp3) is 0.778. The molecule has 0 aromatic rings. The summed E-state index contributed by atoms with van der Waals surface area (Å²) in [5, 5.41) is 10.3. The minimum Gasteiger partial charge on any atom is -0.463 e. The van der Waals surface area contributed by atoms with Gasteiger partial charge >= 0.3 is 5.97 Å². The molecule has 0 aliphatic heterocycles. The average Bonchev–Trinajstić information content (AvgIpc) is 1.99. The molecule has 15 heavy (non-hydrogen) atoms. The zero-order valence-corrected chi connectivity index (χ0v) is 9.06. The van der Waals surface area contributed by atoms with Crippen LogP contribution in [0, 0.1) is 16.0 Å². The van der Waals surface area contributed by atoms with E-state index < -0.39 is 23.4 Å². The lowest BCUT2D eigenvalue weighted by atomic mass is 10.0. The SMILES string of the molecule is CC(=O)CC(C[N+](=O)[O-])C(=O)OC(C)C. The van der Waals surface area contributed by atoms with E-state index in [0.717, 1.165) is 0 Å². The molecule has 0 aliphatic carbocycles. The topological polar surface area (TPSA) is 86.5 Å². The molecule has 0 N–H and O–H groups in total. The molecule has 0 fully saturated rings. The van der Waals surface area contributed by atoms with Crippen molar-refractivity contribution in [3.05, 3.63) is 10.1 Å². The third kappa shape index (κ3) is 6.59. The van der Waals surface area contributed by atoms with Crippen LogP contribution in [0.2, 0.25) is 0 Å². The van der Waals surface area contributed by atoms with Crippen LogP contribution in [0.4, 0.5) is 0 Å². The molecule has 0 aliphatic rings. The molecule has 86 valence electrons. The number of nitro groups is 1. The number of carbonyl (C=O) groups is 2. The monoisotopic (exact) mass is 217 g/mol. The van der Waals surface area contributed by atoms with Gasteiger partial charge in [0.15, 0.2) is 0 Å². The van der Waals surface area contributed by atoms with Crippen LogP contribution in [0.5, 0.6) is 0 Å². The van der Waals surface area contributed by atoms with Gasteiger partial charge in [-0.25, -0.2) is 0 Å². The van der Waals surface area contributed by atoms with Gasteiger partial charge < -0.3 is 4.74 Å². The van der Waals surface area contributed by atoms with Gasteiger partial charge in [-0.1, -0.05) is 0 Å². The van der Waals surface area contributed by atoms with Crippen LogP contribution in [-0.2, 0) is 14.3 Å². The van der Waals surface area contributed by atoms with Gasteiger partial charge in [-0.3, -0.25) is 19.7 Å².